The molecule has 160 valence electrons. The van der Waals surface area contributed by atoms with Crippen molar-refractivity contribution in [3.63, 3.8) is 0 Å². The van der Waals surface area contributed by atoms with Gasteiger partial charge in [0, 0.05) is 43.4 Å². The number of nitrogens with one attached hydrogen (secondary N) is 2. The third-order valence-corrected chi connectivity index (χ3v) is 6.62. The van der Waals surface area contributed by atoms with Gasteiger partial charge >= 0.3 is 0 Å². The number of rotatable bonds is 8. The van der Waals surface area contributed by atoms with Crippen molar-refractivity contribution >= 4 is 27.5 Å². The van der Waals surface area contributed by atoms with Gasteiger partial charge in [0.25, 0.3) is 5.56 Å². The molecule has 0 bridgehead atoms. The van der Waals surface area contributed by atoms with Crippen molar-refractivity contribution in [3.05, 3.63) is 26.6 Å². The quantitative estimate of drug-likeness (QED) is 0.685. The zero-order chi connectivity index (χ0) is 21.0. The fraction of sp³-hybridized carbons (Fsp3) is 0.667. The van der Waals surface area contributed by atoms with Crippen LogP contribution in [0.3, 0.4) is 0 Å². The third-order valence-electron chi connectivity index (χ3n) is 5.52. The van der Waals surface area contributed by atoms with Crippen LogP contribution in [0.1, 0.15) is 43.0 Å². The lowest BCUT2D eigenvalue weighted by atomic mass is 10.0. The molecule has 8 heteroatoms. The summed E-state index contributed by atoms with van der Waals surface area (Å²) in [7, 11) is 0. The maximum Gasteiger partial charge on any atom is 0.259 e. The van der Waals surface area contributed by atoms with Crippen LogP contribution in [0.5, 0.6) is 0 Å². The Labute approximate surface area is 175 Å². The Hall–Kier alpha value is -1.77. The normalized spacial score (nSPS) is 16.4. The van der Waals surface area contributed by atoms with Crippen molar-refractivity contribution in [2.75, 3.05) is 32.8 Å². The van der Waals surface area contributed by atoms with E-state index in [0.29, 0.717) is 42.6 Å². The first-order valence-electron chi connectivity index (χ1n) is 10.4. The van der Waals surface area contributed by atoms with Crippen molar-refractivity contribution in [3.8, 4) is 0 Å². The van der Waals surface area contributed by atoms with Gasteiger partial charge in [-0.2, -0.15) is 0 Å². The molecule has 3 heterocycles. The van der Waals surface area contributed by atoms with Crippen LogP contribution in [0.4, 0.5) is 0 Å². The molecule has 1 unspecified atom stereocenters. The topological polar surface area (TPSA) is 87.3 Å². The molecule has 3 rings (SSSR count). The first kappa shape index (κ1) is 21.9. The number of aryl methyl sites for hydroxylation is 3. The smallest absolute Gasteiger partial charge is 0.259 e. The van der Waals surface area contributed by atoms with E-state index in [1.54, 1.807) is 0 Å². The van der Waals surface area contributed by atoms with Crippen LogP contribution in [0, 0.1) is 19.8 Å². The molecular weight excluding hydrogens is 388 g/mol. The number of nitrogens with zero attached hydrogens (tertiary/aromatic N) is 2. The monoisotopic (exact) mass is 420 g/mol. The molecule has 0 spiro atoms. The highest BCUT2D eigenvalue weighted by molar-refractivity contribution is 7.18. The predicted octanol–water partition coefficient (Wildman–Crippen LogP) is 2.40. The number of thiophene rings is 1. The van der Waals surface area contributed by atoms with E-state index in [1.165, 1.54) is 11.3 Å². The predicted molar refractivity (Wildman–Crippen MR) is 117 cm³/mol. The summed E-state index contributed by atoms with van der Waals surface area (Å²) in [5.74, 6) is 1.14. The number of amides is 1. The van der Waals surface area contributed by atoms with Crippen LogP contribution in [0.2, 0.25) is 0 Å². The second-order valence-electron chi connectivity index (χ2n) is 8.21. The summed E-state index contributed by atoms with van der Waals surface area (Å²) in [6.45, 7) is 12.3. The molecule has 1 saturated heterocycles. The van der Waals surface area contributed by atoms with E-state index >= 15 is 0 Å². The van der Waals surface area contributed by atoms with Gasteiger partial charge in [0.15, 0.2) is 0 Å². The van der Waals surface area contributed by atoms with Crippen LogP contribution >= 0.6 is 11.3 Å². The SMILES string of the molecule is Cc1sc2nc(CCC(=O)NCC(CC(C)C)N3CCOCC3)[nH]c(=O)c2c1C. The third kappa shape index (κ3) is 5.65. The lowest BCUT2D eigenvalue weighted by Gasteiger charge is -2.35. The molecule has 2 aromatic heterocycles. The highest BCUT2D eigenvalue weighted by Crippen LogP contribution is 2.25. The molecule has 0 saturated carbocycles. The molecule has 7 nitrogen and oxygen atoms in total. The highest BCUT2D eigenvalue weighted by atomic mass is 32.1. The van der Waals surface area contributed by atoms with Crippen molar-refractivity contribution in [1.29, 1.82) is 0 Å². The highest BCUT2D eigenvalue weighted by Gasteiger charge is 2.22. The van der Waals surface area contributed by atoms with Crippen molar-refractivity contribution in [2.24, 2.45) is 5.92 Å². The van der Waals surface area contributed by atoms with Crippen LogP contribution in [-0.2, 0) is 16.0 Å². The summed E-state index contributed by atoms with van der Waals surface area (Å²) >= 11 is 1.53. The van der Waals surface area contributed by atoms with Crippen molar-refractivity contribution in [2.45, 2.75) is 53.0 Å². The van der Waals surface area contributed by atoms with E-state index in [4.69, 9.17) is 4.74 Å². The Morgan fingerprint density at radius 2 is 2.03 bits per heavy atom. The summed E-state index contributed by atoms with van der Waals surface area (Å²) in [4.78, 5) is 36.5. The maximum atomic E-state index is 12.4. The number of aromatic nitrogens is 2. The van der Waals surface area contributed by atoms with Gasteiger partial charge in [-0.15, -0.1) is 11.3 Å². The van der Waals surface area contributed by atoms with Crippen molar-refractivity contribution < 1.29 is 9.53 Å². The maximum absolute atomic E-state index is 12.4. The minimum atomic E-state index is -0.114. The van der Waals surface area contributed by atoms with E-state index in [1.807, 2.05) is 13.8 Å². The molecular formula is C21H32N4O3S. The number of ether oxygens (including phenoxy) is 1. The molecule has 0 aliphatic carbocycles. The van der Waals surface area contributed by atoms with Gasteiger partial charge in [0.05, 0.1) is 18.6 Å². The molecule has 0 radical (unpaired) electrons. The molecule has 1 aliphatic heterocycles. The van der Waals surface area contributed by atoms with Gasteiger partial charge in [-0.1, -0.05) is 13.8 Å². The molecule has 1 atom stereocenters. The van der Waals surface area contributed by atoms with E-state index in [0.717, 1.165) is 48.0 Å². The zero-order valence-corrected chi connectivity index (χ0v) is 18.7. The van der Waals surface area contributed by atoms with Gasteiger partial charge in [-0.3, -0.25) is 14.5 Å². The number of hydrogen-bond donors (Lipinski definition) is 2. The first-order chi connectivity index (χ1) is 13.8. The Morgan fingerprint density at radius 1 is 1.31 bits per heavy atom. The Bertz CT molecular complexity index is 899. The number of hydrogen-bond acceptors (Lipinski definition) is 6. The number of carbonyl (C=O) groups excluding carboxylic acids is 1. The second-order valence-corrected chi connectivity index (χ2v) is 9.42. The fourth-order valence-corrected chi connectivity index (χ4v) is 4.87. The summed E-state index contributed by atoms with van der Waals surface area (Å²) < 4.78 is 5.45. The summed E-state index contributed by atoms with van der Waals surface area (Å²) in [5.41, 5.74) is 0.874. The van der Waals surface area contributed by atoms with Gasteiger partial charge in [0.1, 0.15) is 10.7 Å². The Balaban J connectivity index is 1.56. The fourth-order valence-electron chi connectivity index (χ4n) is 3.82. The molecule has 0 aromatic carbocycles. The van der Waals surface area contributed by atoms with E-state index in [2.05, 4.69) is 34.0 Å². The standard InChI is InChI=1S/C21H32N4O3S/c1-13(2)11-16(25-7-9-28-10-8-25)12-22-18(26)6-5-17-23-20(27)19-14(3)15(4)29-21(19)24-17/h13,16H,5-12H2,1-4H3,(H,22,26)(H,23,24,27). The van der Waals surface area contributed by atoms with Crippen molar-refractivity contribution in [1.82, 2.24) is 20.2 Å². The van der Waals surface area contributed by atoms with Crippen LogP contribution in [-0.4, -0.2) is 59.7 Å². The average molecular weight is 421 g/mol. The number of fused-ring (bicyclic) bond motifs is 1. The van der Waals surface area contributed by atoms with Crippen LogP contribution in [0.15, 0.2) is 4.79 Å². The lowest BCUT2D eigenvalue weighted by Crippen LogP contribution is -2.49. The number of H-pyrrole nitrogens is 1. The molecule has 2 N–H and O–H groups in total. The minimum absolute atomic E-state index is 0.00620. The van der Waals surface area contributed by atoms with Crippen LogP contribution in [0.25, 0.3) is 10.2 Å². The molecule has 1 amide bonds. The van der Waals surface area contributed by atoms with Gasteiger partial charge in [0.2, 0.25) is 5.91 Å². The number of aromatic amines is 1. The Morgan fingerprint density at radius 3 is 2.72 bits per heavy atom. The summed E-state index contributed by atoms with van der Waals surface area (Å²) in [6, 6.07) is 0.328. The average Bonchev–Trinajstić information content (AvgIpc) is 2.98. The minimum Gasteiger partial charge on any atom is -0.379 e. The molecule has 1 aliphatic rings. The van der Waals surface area contributed by atoms with E-state index < -0.39 is 0 Å². The molecule has 1 fully saturated rings. The van der Waals surface area contributed by atoms with E-state index in [9.17, 15) is 9.59 Å². The number of carbonyl (C=O) groups is 1. The van der Waals surface area contributed by atoms with E-state index in [-0.39, 0.29) is 11.5 Å². The largest absolute Gasteiger partial charge is 0.379 e. The van der Waals surface area contributed by atoms with Gasteiger partial charge < -0.3 is 15.0 Å². The summed E-state index contributed by atoms with van der Waals surface area (Å²) in [6.07, 6.45) is 1.79. The van der Waals surface area contributed by atoms with Gasteiger partial charge in [-0.25, -0.2) is 4.98 Å². The Kier molecular flexibility index (Phi) is 7.43. The van der Waals surface area contributed by atoms with Crippen LogP contribution < -0.4 is 10.9 Å². The number of morpholine rings is 1. The zero-order valence-electron chi connectivity index (χ0n) is 17.8. The van der Waals surface area contributed by atoms with Gasteiger partial charge in [-0.05, 0) is 31.7 Å². The first-order valence-corrected chi connectivity index (χ1v) is 11.2. The second kappa shape index (κ2) is 9.82. The summed E-state index contributed by atoms with van der Waals surface area (Å²) in [5, 5.41) is 3.75. The molecule has 2 aromatic rings. The lowest BCUT2D eigenvalue weighted by molar-refractivity contribution is -0.121. The molecule has 29 heavy (non-hydrogen) atoms.